The molecule has 0 spiro atoms. The molecule has 3 heterocycles. The Bertz CT molecular complexity index is 1200. The van der Waals surface area contributed by atoms with E-state index >= 15 is 0 Å². The molecule has 0 N–H and O–H groups in total. The van der Waals surface area contributed by atoms with E-state index in [-0.39, 0.29) is 12.1 Å². The summed E-state index contributed by atoms with van der Waals surface area (Å²) >= 11 is 0. The molecule has 0 fully saturated rings. The Hall–Kier alpha value is -3.41. The number of rotatable bonds is 3. The lowest BCUT2D eigenvalue weighted by molar-refractivity contribution is 0.0601. The summed E-state index contributed by atoms with van der Waals surface area (Å²) in [7, 11) is 1.34. The van der Waals surface area contributed by atoms with Crippen LogP contribution in [-0.4, -0.2) is 22.6 Å². The van der Waals surface area contributed by atoms with Gasteiger partial charge in [0.15, 0.2) is 0 Å². The number of aryl methyl sites for hydroxylation is 1. The van der Waals surface area contributed by atoms with Gasteiger partial charge in [-0.25, -0.2) is 4.79 Å². The fourth-order valence-corrected chi connectivity index (χ4v) is 3.11. The summed E-state index contributed by atoms with van der Waals surface area (Å²) in [4.78, 5) is 28.7. The van der Waals surface area contributed by atoms with E-state index < -0.39 is 5.97 Å². The molecule has 0 amide bonds. The first-order valence-corrected chi connectivity index (χ1v) is 8.11. The maximum Gasteiger partial charge on any atom is 0.341 e. The van der Waals surface area contributed by atoms with Crippen LogP contribution in [0.4, 0.5) is 0 Å². The maximum absolute atomic E-state index is 12.6. The number of nitrogens with zero attached hydrogens (tertiary/aromatic N) is 2. The van der Waals surface area contributed by atoms with Crippen molar-refractivity contribution in [3.8, 4) is 0 Å². The van der Waals surface area contributed by atoms with Crippen molar-refractivity contribution in [1.29, 1.82) is 0 Å². The molecule has 4 rings (SSSR count). The standard InChI is InChI=1S/C20H16N2O4/c1-12-7-14-9-15(26-18(14)16(8-12)20(24)25-2)11-22-6-4-13-3-5-21-10-17(13)19(22)23/h3-10H,11H2,1-2H3. The van der Waals surface area contributed by atoms with Crippen LogP contribution in [-0.2, 0) is 11.3 Å². The topological polar surface area (TPSA) is 74.3 Å². The summed E-state index contributed by atoms with van der Waals surface area (Å²) < 4.78 is 12.3. The van der Waals surface area contributed by atoms with Crippen molar-refractivity contribution in [1.82, 2.24) is 9.55 Å². The summed E-state index contributed by atoms with van der Waals surface area (Å²) in [6.07, 6.45) is 4.94. The molecule has 6 nitrogen and oxygen atoms in total. The molecule has 4 aromatic rings. The second-order valence-electron chi connectivity index (χ2n) is 6.15. The third kappa shape index (κ3) is 2.65. The van der Waals surface area contributed by atoms with E-state index in [4.69, 9.17) is 9.15 Å². The molecule has 3 aromatic heterocycles. The fourth-order valence-electron chi connectivity index (χ4n) is 3.11. The van der Waals surface area contributed by atoms with Gasteiger partial charge < -0.3 is 13.7 Å². The van der Waals surface area contributed by atoms with Crippen LogP contribution in [0.1, 0.15) is 21.7 Å². The molecule has 130 valence electrons. The number of methoxy groups -OCH3 is 1. The molecule has 26 heavy (non-hydrogen) atoms. The van der Waals surface area contributed by atoms with Crippen LogP contribution in [0.15, 0.2) is 58.1 Å². The first-order valence-electron chi connectivity index (χ1n) is 8.11. The third-order valence-electron chi connectivity index (χ3n) is 4.32. The highest BCUT2D eigenvalue weighted by Gasteiger charge is 2.16. The van der Waals surface area contributed by atoms with Crippen molar-refractivity contribution < 1.29 is 13.9 Å². The number of furan rings is 1. The Balaban J connectivity index is 1.80. The summed E-state index contributed by atoms with van der Waals surface area (Å²) in [6, 6.07) is 9.17. The first-order chi connectivity index (χ1) is 12.6. The second-order valence-corrected chi connectivity index (χ2v) is 6.15. The highest BCUT2D eigenvalue weighted by atomic mass is 16.5. The SMILES string of the molecule is COC(=O)c1cc(C)cc2cc(Cn3ccc4ccncc4c3=O)oc12. The zero-order valence-corrected chi connectivity index (χ0v) is 14.4. The van der Waals surface area contributed by atoms with Crippen LogP contribution in [0.25, 0.3) is 21.7 Å². The van der Waals surface area contributed by atoms with Crippen molar-refractivity contribution in [3.05, 3.63) is 76.2 Å². The summed E-state index contributed by atoms with van der Waals surface area (Å²) in [5.74, 6) is 0.134. The van der Waals surface area contributed by atoms with Gasteiger partial charge in [0.2, 0.25) is 0 Å². The molecule has 0 aliphatic rings. The Kier molecular flexibility index (Phi) is 3.80. The largest absolute Gasteiger partial charge is 0.465 e. The van der Waals surface area contributed by atoms with Crippen molar-refractivity contribution in [3.63, 3.8) is 0 Å². The average Bonchev–Trinajstić information content (AvgIpc) is 3.05. The quantitative estimate of drug-likeness (QED) is 0.531. The highest BCUT2D eigenvalue weighted by Crippen LogP contribution is 2.26. The zero-order valence-electron chi connectivity index (χ0n) is 14.4. The van der Waals surface area contributed by atoms with E-state index in [9.17, 15) is 9.59 Å². The third-order valence-corrected chi connectivity index (χ3v) is 4.32. The van der Waals surface area contributed by atoms with Crippen molar-refractivity contribution in [2.45, 2.75) is 13.5 Å². The molecule has 0 aliphatic heterocycles. The van der Waals surface area contributed by atoms with Gasteiger partial charge in [0, 0.05) is 24.0 Å². The van der Waals surface area contributed by atoms with E-state index in [2.05, 4.69) is 4.98 Å². The van der Waals surface area contributed by atoms with Crippen molar-refractivity contribution >= 4 is 27.7 Å². The molecule has 0 unspecified atom stereocenters. The molecule has 6 heteroatoms. The number of pyridine rings is 2. The number of hydrogen-bond acceptors (Lipinski definition) is 5. The first kappa shape index (κ1) is 16.1. The van der Waals surface area contributed by atoms with Gasteiger partial charge in [-0.05, 0) is 48.2 Å². The number of carbonyl (C=O) groups is 1. The molecule has 0 saturated heterocycles. The van der Waals surface area contributed by atoms with Crippen LogP contribution in [0.2, 0.25) is 0 Å². The molecular weight excluding hydrogens is 332 g/mol. The van der Waals surface area contributed by atoms with Crippen LogP contribution in [0, 0.1) is 6.92 Å². The minimum Gasteiger partial charge on any atom is -0.465 e. The van der Waals surface area contributed by atoms with Crippen LogP contribution in [0.5, 0.6) is 0 Å². The Labute approximate surface area is 148 Å². The van der Waals surface area contributed by atoms with Gasteiger partial charge in [0.05, 0.1) is 19.0 Å². The number of hydrogen-bond donors (Lipinski definition) is 0. The minimum atomic E-state index is -0.450. The van der Waals surface area contributed by atoms with E-state index in [1.165, 1.54) is 7.11 Å². The molecule has 1 aromatic carbocycles. The fraction of sp³-hybridized carbons (Fsp3) is 0.150. The molecule has 0 saturated carbocycles. The Morgan fingerprint density at radius 3 is 2.88 bits per heavy atom. The number of benzene rings is 1. The Morgan fingerprint density at radius 2 is 2.08 bits per heavy atom. The summed E-state index contributed by atoms with van der Waals surface area (Å²) in [5, 5.41) is 2.20. The number of ether oxygens (including phenoxy) is 1. The molecule has 0 bridgehead atoms. The lowest BCUT2D eigenvalue weighted by Crippen LogP contribution is -2.19. The maximum atomic E-state index is 12.6. The average molecular weight is 348 g/mol. The highest BCUT2D eigenvalue weighted by molar-refractivity contribution is 6.02. The lowest BCUT2D eigenvalue weighted by atomic mass is 10.1. The van der Waals surface area contributed by atoms with Gasteiger partial charge in [-0.1, -0.05) is 0 Å². The van der Waals surface area contributed by atoms with Crippen molar-refractivity contribution in [2.24, 2.45) is 0 Å². The smallest absolute Gasteiger partial charge is 0.341 e. The number of aromatic nitrogens is 2. The predicted octanol–water partition coefficient (Wildman–Crippen LogP) is 3.29. The molecule has 0 aliphatic carbocycles. The number of carbonyl (C=O) groups excluding carboxylic acids is 1. The molecular formula is C20H16N2O4. The van der Waals surface area contributed by atoms with E-state index in [0.717, 1.165) is 16.3 Å². The predicted molar refractivity (Wildman–Crippen MR) is 97.4 cm³/mol. The second kappa shape index (κ2) is 6.15. The normalized spacial score (nSPS) is 11.2. The zero-order chi connectivity index (χ0) is 18.3. The van der Waals surface area contributed by atoms with E-state index in [0.29, 0.717) is 22.3 Å². The summed E-state index contributed by atoms with van der Waals surface area (Å²) in [6.45, 7) is 2.16. The van der Waals surface area contributed by atoms with Gasteiger partial charge in [-0.2, -0.15) is 0 Å². The van der Waals surface area contributed by atoms with Gasteiger partial charge in [-0.3, -0.25) is 9.78 Å². The molecule has 0 atom stereocenters. The van der Waals surface area contributed by atoms with Crippen LogP contribution in [0.3, 0.4) is 0 Å². The van der Waals surface area contributed by atoms with Gasteiger partial charge in [0.25, 0.3) is 5.56 Å². The van der Waals surface area contributed by atoms with Crippen LogP contribution >= 0.6 is 0 Å². The van der Waals surface area contributed by atoms with Crippen molar-refractivity contribution in [2.75, 3.05) is 7.11 Å². The van der Waals surface area contributed by atoms with Gasteiger partial charge >= 0.3 is 5.97 Å². The van der Waals surface area contributed by atoms with Crippen LogP contribution < -0.4 is 5.56 Å². The minimum absolute atomic E-state index is 0.138. The van der Waals surface area contributed by atoms with Gasteiger partial charge in [0.1, 0.15) is 16.9 Å². The lowest BCUT2D eigenvalue weighted by Gasteiger charge is -2.05. The monoisotopic (exact) mass is 348 g/mol. The Morgan fingerprint density at radius 1 is 1.23 bits per heavy atom. The summed E-state index contributed by atoms with van der Waals surface area (Å²) in [5.41, 5.74) is 1.64. The van der Waals surface area contributed by atoms with E-state index in [1.807, 2.05) is 25.1 Å². The van der Waals surface area contributed by atoms with E-state index in [1.54, 1.807) is 35.3 Å². The number of fused-ring (bicyclic) bond motifs is 2. The van der Waals surface area contributed by atoms with Gasteiger partial charge in [-0.15, -0.1) is 0 Å². The number of esters is 1. The molecule has 0 radical (unpaired) electrons.